The number of hydrogen-bond donors (Lipinski definition) is 0. The van der Waals surface area contributed by atoms with E-state index in [9.17, 15) is 0 Å². The molecular formula is C12H14ClN3OS. The van der Waals surface area contributed by atoms with Crippen LogP contribution in [0.1, 0.15) is 13.8 Å². The van der Waals surface area contributed by atoms with E-state index >= 15 is 0 Å². The molecule has 0 unspecified atom stereocenters. The van der Waals surface area contributed by atoms with E-state index in [1.807, 2.05) is 5.38 Å². The van der Waals surface area contributed by atoms with E-state index in [-0.39, 0.29) is 5.54 Å². The fraction of sp³-hybridized carbons (Fsp3) is 0.500. The average molecular weight is 284 g/mol. The number of halogens is 1. The quantitative estimate of drug-likeness (QED) is 0.754. The summed E-state index contributed by atoms with van der Waals surface area (Å²) in [6.45, 7) is 6.54. The highest BCUT2D eigenvalue weighted by Crippen LogP contribution is 2.33. The molecule has 0 bridgehead atoms. The van der Waals surface area contributed by atoms with Gasteiger partial charge in [-0.15, -0.1) is 11.3 Å². The smallest absolute Gasteiger partial charge is 0.225 e. The van der Waals surface area contributed by atoms with Gasteiger partial charge in [0.15, 0.2) is 0 Å². The Balaban J connectivity index is 2.15. The average Bonchev–Trinajstić information content (AvgIpc) is 2.75. The third kappa shape index (κ3) is 1.96. The third-order valence-corrected chi connectivity index (χ3v) is 4.15. The number of rotatable bonds is 1. The first-order valence-electron chi connectivity index (χ1n) is 5.84. The van der Waals surface area contributed by atoms with Crippen LogP contribution < -0.4 is 4.90 Å². The van der Waals surface area contributed by atoms with E-state index in [1.54, 1.807) is 11.3 Å². The van der Waals surface area contributed by atoms with Crippen molar-refractivity contribution in [2.75, 3.05) is 24.7 Å². The second kappa shape index (κ2) is 4.33. The Morgan fingerprint density at radius 2 is 2.28 bits per heavy atom. The molecule has 2 aromatic rings. The van der Waals surface area contributed by atoms with Crippen LogP contribution in [0.2, 0.25) is 5.28 Å². The lowest BCUT2D eigenvalue weighted by molar-refractivity contribution is 0.0641. The molecule has 1 aliphatic heterocycles. The number of aromatic nitrogens is 2. The van der Waals surface area contributed by atoms with E-state index in [1.165, 1.54) is 0 Å². The lowest BCUT2D eigenvalue weighted by Gasteiger charge is -2.43. The number of anilines is 1. The summed E-state index contributed by atoms with van der Waals surface area (Å²) >= 11 is 7.61. The normalized spacial score (nSPS) is 19.4. The van der Waals surface area contributed by atoms with Gasteiger partial charge in [0.2, 0.25) is 5.28 Å². The Morgan fingerprint density at radius 3 is 3.06 bits per heavy atom. The monoisotopic (exact) mass is 283 g/mol. The molecule has 2 aromatic heterocycles. The summed E-state index contributed by atoms with van der Waals surface area (Å²) in [6, 6.07) is 2.05. The Labute approximate surface area is 115 Å². The van der Waals surface area contributed by atoms with Gasteiger partial charge >= 0.3 is 0 Å². The molecule has 3 rings (SSSR count). The topological polar surface area (TPSA) is 38.2 Å². The van der Waals surface area contributed by atoms with E-state index in [0.717, 1.165) is 29.2 Å². The summed E-state index contributed by atoms with van der Waals surface area (Å²) in [7, 11) is 0. The minimum absolute atomic E-state index is 0.0786. The van der Waals surface area contributed by atoms with Crippen LogP contribution in [0.3, 0.4) is 0 Å². The van der Waals surface area contributed by atoms with Gasteiger partial charge in [-0.1, -0.05) is 0 Å². The molecule has 0 aliphatic carbocycles. The predicted molar refractivity (Wildman–Crippen MR) is 74.7 cm³/mol. The SMILES string of the molecule is CC1(C)COCCN1c1nc(Cl)nc2sccc12. The van der Waals surface area contributed by atoms with Gasteiger partial charge in [-0.05, 0) is 36.9 Å². The lowest BCUT2D eigenvalue weighted by atomic mass is 10.0. The van der Waals surface area contributed by atoms with Crippen molar-refractivity contribution < 1.29 is 4.74 Å². The van der Waals surface area contributed by atoms with Crippen LogP contribution >= 0.6 is 22.9 Å². The Bertz CT molecular complexity index is 584. The fourth-order valence-electron chi connectivity index (χ4n) is 2.27. The van der Waals surface area contributed by atoms with Crippen LogP contribution in [-0.2, 0) is 4.74 Å². The second-order valence-electron chi connectivity index (χ2n) is 4.97. The van der Waals surface area contributed by atoms with Gasteiger partial charge in [0, 0.05) is 6.54 Å². The summed E-state index contributed by atoms with van der Waals surface area (Å²) in [6.07, 6.45) is 0. The van der Waals surface area contributed by atoms with Crippen molar-refractivity contribution in [2.45, 2.75) is 19.4 Å². The Morgan fingerprint density at radius 1 is 1.44 bits per heavy atom. The lowest BCUT2D eigenvalue weighted by Crippen LogP contribution is -2.53. The predicted octanol–water partition coefficient (Wildman–Crippen LogP) is 2.96. The van der Waals surface area contributed by atoms with Gasteiger partial charge < -0.3 is 9.64 Å². The van der Waals surface area contributed by atoms with Crippen LogP contribution in [-0.4, -0.2) is 35.3 Å². The first-order chi connectivity index (χ1) is 8.58. The van der Waals surface area contributed by atoms with Gasteiger partial charge in [-0.25, -0.2) is 4.98 Å². The zero-order chi connectivity index (χ0) is 12.8. The number of fused-ring (bicyclic) bond motifs is 1. The Hall–Kier alpha value is -0.910. The van der Waals surface area contributed by atoms with Crippen LogP contribution in [0, 0.1) is 0 Å². The molecule has 1 saturated heterocycles. The van der Waals surface area contributed by atoms with E-state index < -0.39 is 0 Å². The van der Waals surface area contributed by atoms with Gasteiger partial charge in [-0.3, -0.25) is 0 Å². The maximum absolute atomic E-state index is 6.02. The van der Waals surface area contributed by atoms with Crippen molar-refractivity contribution in [1.82, 2.24) is 9.97 Å². The van der Waals surface area contributed by atoms with Gasteiger partial charge in [-0.2, -0.15) is 4.98 Å². The molecule has 0 radical (unpaired) electrons. The van der Waals surface area contributed by atoms with Crippen LogP contribution in [0.4, 0.5) is 5.82 Å². The summed E-state index contributed by atoms with van der Waals surface area (Å²) in [5.41, 5.74) is -0.0786. The molecule has 0 saturated carbocycles. The fourth-order valence-corrected chi connectivity index (χ4v) is 3.24. The third-order valence-electron chi connectivity index (χ3n) is 3.18. The molecular weight excluding hydrogens is 270 g/mol. The molecule has 0 spiro atoms. The van der Waals surface area contributed by atoms with Crippen LogP contribution in [0.25, 0.3) is 10.2 Å². The molecule has 18 heavy (non-hydrogen) atoms. The van der Waals surface area contributed by atoms with E-state index in [0.29, 0.717) is 11.9 Å². The number of hydrogen-bond acceptors (Lipinski definition) is 5. The van der Waals surface area contributed by atoms with Crippen molar-refractivity contribution in [1.29, 1.82) is 0 Å². The first-order valence-corrected chi connectivity index (χ1v) is 7.10. The molecule has 6 heteroatoms. The number of morpholine rings is 1. The molecule has 0 amide bonds. The maximum Gasteiger partial charge on any atom is 0.225 e. The standard InChI is InChI=1S/C12H14ClN3OS/c1-12(2)7-17-5-4-16(12)9-8-3-6-18-10(8)15-11(13)14-9/h3,6H,4-5,7H2,1-2H3. The van der Waals surface area contributed by atoms with Crippen molar-refractivity contribution in [3.63, 3.8) is 0 Å². The summed E-state index contributed by atoms with van der Waals surface area (Å²) in [5.74, 6) is 0.916. The van der Waals surface area contributed by atoms with Crippen molar-refractivity contribution in [2.24, 2.45) is 0 Å². The maximum atomic E-state index is 6.02. The highest BCUT2D eigenvalue weighted by atomic mass is 35.5. The van der Waals surface area contributed by atoms with Gasteiger partial charge in [0.1, 0.15) is 10.6 Å². The largest absolute Gasteiger partial charge is 0.377 e. The van der Waals surface area contributed by atoms with Crippen molar-refractivity contribution >= 4 is 39.0 Å². The highest BCUT2D eigenvalue weighted by Gasteiger charge is 2.33. The summed E-state index contributed by atoms with van der Waals surface area (Å²) in [4.78, 5) is 11.9. The summed E-state index contributed by atoms with van der Waals surface area (Å²) in [5, 5.41) is 3.40. The second-order valence-corrected chi connectivity index (χ2v) is 6.20. The van der Waals surface area contributed by atoms with Crippen LogP contribution in [0.5, 0.6) is 0 Å². The molecule has 0 atom stereocenters. The molecule has 3 heterocycles. The van der Waals surface area contributed by atoms with E-state index in [4.69, 9.17) is 16.3 Å². The zero-order valence-electron chi connectivity index (χ0n) is 10.3. The molecule has 96 valence electrons. The number of ether oxygens (including phenoxy) is 1. The molecule has 1 aliphatic rings. The number of thiophene rings is 1. The molecule has 4 nitrogen and oxygen atoms in total. The van der Waals surface area contributed by atoms with Crippen LogP contribution in [0.15, 0.2) is 11.4 Å². The molecule has 0 aromatic carbocycles. The minimum atomic E-state index is -0.0786. The first kappa shape index (κ1) is 12.1. The van der Waals surface area contributed by atoms with E-state index in [2.05, 4.69) is 34.8 Å². The highest BCUT2D eigenvalue weighted by molar-refractivity contribution is 7.16. The van der Waals surface area contributed by atoms with Gasteiger partial charge in [0.05, 0.1) is 24.1 Å². The zero-order valence-corrected chi connectivity index (χ0v) is 11.9. The molecule has 1 fully saturated rings. The van der Waals surface area contributed by atoms with Gasteiger partial charge in [0.25, 0.3) is 0 Å². The molecule has 0 N–H and O–H groups in total. The Kier molecular flexibility index (Phi) is 2.92. The van der Waals surface area contributed by atoms with Crippen molar-refractivity contribution in [3.8, 4) is 0 Å². The minimum Gasteiger partial charge on any atom is -0.377 e. The van der Waals surface area contributed by atoms with Crippen molar-refractivity contribution in [3.05, 3.63) is 16.7 Å². The number of nitrogens with zero attached hydrogens (tertiary/aromatic N) is 3. The summed E-state index contributed by atoms with van der Waals surface area (Å²) < 4.78 is 5.54.